The second kappa shape index (κ2) is 9.45. The fraction of sp³-hybridized carbons (Fsp3) is 0.167. The van der Waals surface area contributed by atoms with Crippen molar-refractivity contribution in [1.82, 2.24) is 0 Å². The maximum atomic E-state index is 12.9. The third kappa shape index (κ3) is 4.96. The van der Waals surface area contributed by atoms with Gasteiger partial charge in [0, 0.05) is 29.7 Å². The van der Waals surface area contributed by atoms with Crippen LogP contribution in [0.25, 0.3) is 0 Å². The highest BCUT2D eigenvalue weighted by molar-refractivity contribution is 5.91. The van der Waals surface area contributed by atoms with Crippen molar-refractivity contribution in [2.75, 3.05) is 6.61 Å². The molecule has 1 aliphatic heterocycles. The number of esters is 1. The number of phenols is 7. The Bertz CT molecular complexity index is 1350. The number of fused-ring (bicyclic) bond motifs is 1. The molecule has 3 aromatic rings. The molecule has 0 radical (unpaired) electrons. The van der Waals surface area contributed by atoms with E-state index in [9.17, 15) is 45.3 Å². The number of carbonyl (C=O) groups excluding carboxylic acids is 1. The Morgan fingerprint density at radius 2 is 1.46 bits per heavy atom. The van der Waals surface area contributed by atoms with E-state index < -0.39 is 65.3 Å². The number of aliphatic carboxylic acids is 1. The standard InChI is InChI=1S/C24H20O13/c25-11-5-13(26)12-7-19(22(36-18(12)6-11)9-1-14(27)21(33)15(28)2-9)37-24(34)10-3-16(29)23(17(30)4-10)35-8-20(31)32/h1-6,19,22,25-30,33H,7-8H2,(H,31,32)/t19-,22-/m1/s1. The first-order chi connectivity index (χ1) is 17.4. The molecule has 1 heterocycles. The number of rotatable bonds is 6. The number of carbonyl (C=O) groups is 2. The predicted octanol–water partition coefficient (Wildman–Crippen LogP) is 1.99. The Labute approximate surface area is 207 Å². The second-order valence-corrected chi connectivity index (χ2v) is 8.06. The summed E-state index contributed by atoms with van der Waals surface area (Å²) in [6.45, 7) is -0.864. The van der Waals surface area contributed by atoms with Gasteiger partial charge in [-0.3, -0.25) is 0 Å². The Hall–Kier alpha value is -5.20. The predicted molar refractivity (Wildman–Crippen MR) is 120 cm³/mol. The van der Waals surface area contributed by atoms with Crippen LogP contribution in [0.1, 0.15) is 27.6 Å². The molecule has 13 heteroatoms. The van der Waals surface area contributed by atoms with Gasteiger partial charge in [-0.15, -0.1) is 0 Å². The lowest BCUT2D eigenvalue weighted by atomic mass is 9.93. The van der Waals surface area contributed by atoms with Crippen molar-refractivity contribution in [2.24, 2.45) is 0 Å². The van der Waals surface area contributed by atoms with Gasteiger partial charge >= 0.3 is 11.9 Å². The Kier molecular flexibility index (Phi) is 6.36. The van der Waals surface area contributed by atoms with Gasteiger partial charge in [-0.25, -0.2) is 9.59 Å². The molecule has 0 aliphatic carbocycles. The lowest BCUT2D eigenvalue weighted by Gasteiger charge is -2.34. The van der Waals surface area contributed by atoms with Crippen LogP contribution >= 0.6 is 0 Å². The summed E-state index contributed by atoms with van der Waals surface area (Å²) < 4.78 is 16.1. The Morgan fingerprint density at radius 1 is 0.838 bits per heavy atom. The van der Waals surface area contributed by atoms with Gasteiger partial charge in [0.15, 0.2) is 41.5 Å². The molecular formula is C24H20O13. The van der Waals surface area contributed by atoms with Crippen LogP contribution in [0.15, 0.2) is 36.4 Å². The molecule has 0 amide bonds. The molecular weight excluding hydrogens is 496 g/mol. The van der Waals surface area contributed by atoms with Crippen molar-refractivity contribution in [3.63, 3.8) is 0 Å². The topological polar surface area (TPSA) is 224 Å². The Balaban J connectivity index is 1.68. The third-order valence-corrected chi connectivity index (χ3v) is 5.47. The molecule has 0 spiro atoms. The van der Waals surface area contributed by atoms with E-state index in [1.165, 1.54) is 6.07 Å². The summed E-state index contributed by atoms with van der Waals surface area (Å²) >= 11 is 0. The highest BCUT2D eigenvalue weighted by Gasteiger charge is 2.37. The van der Waals surface area contributed by atoms with Crippen LogP contribution in [0.5, 0.6) is 51.7 Å². The van der Waals surface area contributed by atoms with Crippen molar-refractivity contribution in [3.8, 4) is 51.7 Å². The number of hydrogen-bond acceptors (Lipinski definition) is 12. The molecule has 3 aromatic carbocycles. The summed E-state index contributed by atoms with van der Waals surface area (Å²) in [7, 11) is 0. The van der Waals surface area contributed by atoms with Crippen molar-refractivity contribution in [1.29, 1.82) is 0 Å². The molecule has 0 bridgehead atoms. The minimum atomic E-state index is -1.37. The lowest BCUT2D eigenvalue weighted by molar-refractivity contribution is -0.139. The van der Waals surface area contributed by atoms with Crippen LogP contribution in [0.4, 0.5) is 0 Å². The van der Waals surface area contributed by atoms with E-state index in [1.807, 2.05) is 0 Å². The van der Waals surface area contributed by atoms with Crippen molar-refractivity contribution >= 4 is 11.9 Å². The quantitative estimate of drug-likeness (QED) is 0.174. The maximum Gasteiger partial charge on any atom is 0.341 e. The summed E-state index contributed by atoms with van der Waals surface area (Å²) in [5, 5.41) is 78.6. The van der Waals surface area contributed by atoms with Gasteiger partial charge in [-0.05, 0) is 24.3 Å². The molecule has 13 nitrogen and oxygen atoms in total. The summed E-state index contributed by atoms with van der Waals surface area (Å²) in [4.78, 5) is 23.6. The van der Waals surface area contributed by atoms with E-state index >= 15 is 0 Å². The largest absolute Gasteiger partial charge is 0.508 e. The molecule has 0 saturated heterocycles. The maximum absolute atomic E-state index is 12.9. The van der Waals surface area contributed by atoms with Crippen LogP contribution in [0.2, 0.25) is 0 Å². The van der Waals surface area contributed by atoms with Crippen molar-refractivity contribution in [2.45, 2.75) is 18.6 Å². The van der Waals surface area contributed by atoms with Crippen LogP contribution in [-0.2, 0) is 16.0 Å². The number of carboxylic acids is 1. The highest BCUT2D eigenvalue weighted by atomic mass is 16.6. The first-order valence-corrected chi connectivity index (χ1v) is 10.5. The average molecular weight is 516 g/mol. The van der Waals surface area contributed by atoms with Gasteiger partial charge in [0.1, 0.15) is 23.4 Å². The van der Waals surface area contributed by atoms with Crippen molar-refractivity contribution in [3.05, 3.63) is 53.1 Å². The second-order valence-electron chi connectivity index (χ2n) is 8.06. The zero-order valence-electron chi connectivity index (χ0n) is 18.7. The first-order valence-electron chi connectivity index (χ1n) is 10.5. The normalized spacial score (nSPS) is 16.3. The zero-order valence-corrected chi connectivity index (χ0v) is 18.7. The van der Waals surface area contributed by atoms with Crippen LogP contribution in [0.3, 0.4) is 0 Å². The lowest BCUT2D eigenvalue weighted by Crippen LogP contribution is -2.34. The summed E-state index contributed by atoms with van der Waals surface area (Å²) in [6, 6.07) is 6.11. The Morgan fingerprint density at radius 3 is 2.05 bits per heavy atom. The molecule has 194 valence electrons. The van der Waals surface area contributed by atoms with E-state index in [2.05, 4.69) is 0 Å². The van der Waals surface area contributed by atoms with E-state index in [0.717, 1.165) is 30.3 Å². The fourth-order valence-corrected chi connectivity index (χ4v) is 3.83. The van der Waals surface area contributed by atoms with Gasteiger partial charge in [-0.2, -0.15) is 0 Å². The van der Waals surface area contributed by atoms with Gasteiger partial charge in [0.05, 0.1) is 5.56 Å². The van der Waals surface area contributed by atoms with Crippen LogP contribution in [0, 0.1) is 0 Å². The molecule has 1 aliphatic rings. The van der Waals surface area contributed by atoms with E-state index in [1.54, 1.807) is 0 Å². The molecule has 37 heavy (non-hydrogen) atoms. The van der Waals surface area contributed by atoms with Gasteiger partial charge in [-0.1, -0.05) is 0 Å². The summed E-state index contributed by atoms with van der Waals surface area (Å²) in [6.07, 6.45) is -2.63. The fourth-order valence-electron chi connectivity index (χ4n) is 3.83. The average Bonchev–Trinajstić information content (AvgIpc) is 2.81. The van der Waals surface area contributed by atoms with Gasteiger partial charge in [0.2, 0.25) is 5.75 Å². The smallest absolute Gasteiger partial charge is 0.341 e. The molecule has 0 unspecified atom stereocenters. The van der Waals surface area contributed by atoms with E-state index in [4.69, 9.17) is 19.3 Å². The zero-order chi connectivity index (χ0) is 27.0. The third-order valence-electron chi connectivity index (χ3n) is 5.47. The monoisotopic (exact) mass is 516 g/mol. The minimum absolute atomic E-state index is 0.0251. The number of aromatic hydroxyl groups is 7. The molecule has 0 aromatic heterocycles. The number of carboxylic acid groups (broad SMARTS) is 1. The molecule has 0 fully saturated rings. The van der Waals surface area contributed by atoms with Crippen LogP contribution in [-0.4, -0.2) is 65.5 Å². The summed E-state index contributed by atoms with van der Waals surface area (Å²) in [5.41, 5.74) is -0.127. The molecule has 2 atom stereocenters. The van der Waals surface area contributed by atoms with Crippen molar-refractivity contribution < 1.29 is 64.7 Å². The highest BCUT2D eigenvalue weighted by Crippen LogP contribution is 2.46. The van der Waals surface area contributed by atoms with Gasteiger partial charge in [0.25, 0.3) is 0 Å². The number of ether oxygens (including phenoxy) is 3. The number of benzene rings is 3. The molecule has 8 N–H and O–H groups in total. The van der Waals surface area contributed by atoms with Crippen LogP contribution < -0.4 is 9.47 Å². The van der Waals surface area contributed by atoms with E-state index in [-0.39, 0.29) is 40.4 Å². The number of phenolic OH excluding ortho intramolecular Hbond substituents is 7. The molecule has 4 rings (SSSR count). The first kappa shape index (κ1) is 24.9. The minimum Gasteiger partial charge on any atom is -0.508 e. The summed E-state index contributed by atoms with van der Waals surface area (Å²) in [5.74, 6) is -7.33. The SMILES string of the molecule is O=C(O)COc1c(O)cc(C(=O)O[C@@H]2Cc3c(O)cc(O)cc3O[C@@H]2c2cc(O)c(O)c(O)c2)cc1O. The van der Waals surface area contributed by atoms with E-state index in [0.29, 0.717) is 0 Å². The molecule has 0 saturated carbocycles. The van der Waals surface area contributed by atoms with Gasteiger partial charge < -0.3 is 55.1 Å². The number of hydrogen-bond donors (Lipinski definition) is 8.